The molecular formula is C14H19NO2S. The standard InChI is InChI=1S/C14H19NO2S/c1-4-17-13-8-6-5-7-12(13)15-14(16)10-18-9-11(2)3/h5-8H,2,4,9-10H2,1,3H3,(H,15,16). The minimum atomic E-state index is -0.0200. The predicted octanol–water partition coefficient (Wildman–Crippen LogP) is 3.33. The molecule has 0 heterocycles. The van der Waals surface area contributed by atoms with Gasteiger partial charge < -0.3 is 10.1 Å². The molecule has 98 valence electrons. The van der Waals surface area contributed by atoms with E-state index in [9.17, 15) is 4.79 Å². The maximum Gasteiger partial charge on any atom is 0.234 e. The smallest absolute Gasteiger partial charge is 0.234 e. The average molecular weight is 265 g/mol. The minimum absolute atomic E-state index is 0.0200. The van der Waals surface area contributed by atoms with Crippen molar-refractivity contribution >= 4 is 23.4 Å². The lowest BCUT2D eigenvalue weighted by atomic mass is 10.3. The molecule has 1 N–H and O–H groups in total. The van der Waals surface area contributed by atoms with Crippen molar-refractivity contribution in [1.82, 2.24) is 0 Å². The van der Waals surface area contributed by atoms with Gasteiger partial charge in [-0.1, -0.05) is 24.3 Å². The Morgan fingerprint density at radius 1 is 1.39 bits per heavy atom. The third kappa shape index (κ3) is 5.27. The highest BCUT2D eigenvalue weighted by Crippen LogP contribution is 2.23. The molecule has 0 aliphatic carbocycles. The van der Waals surface area contributed by atoms with Crippen LogP contribution in [0.1, 0.15) is 13.8 Å². The van der Waals surface area contributed by atoms with Gasteiger partial charge in [0.2, 0.25) is 5.91 Å². The van der Waals surface area contributed by atoms with Gasteiger partial charge in [0.25, 0.3) is 0 Å². The van der Waals surface area contributed by atoms with Crippen LogP contribution >= 0.6 is 11.8 Å². The second-order valence-corrected chi connectivity index (χ2v) is 4.91. The molecule has 0 saturated carbocycles. The van der Waals surface area contributed by atoms with Crippen molar-refractivity contribution in [2.24, 2.45) is 0 Å². The monoisotopic (exact) mass is 265 g/mol. The zero-order chi connectivity index (χ0) is 13.4. The summed E-state index contributed by atoms with van der Waals surface area (Å²) in [6.45, 7) is 8.25. The number of carbonyl (C=O) groups excluding carboxylic acids is 1. The summed E-state index contributed by atoms with van der Waals surface area (Å²) >= 11 is 1.56. The first-order chi connectivity index (χ1) is 8.63. The Kier molecular flexibility index (Phi) is 6.36. The van der Waals surface area contributed by atoms with Gasteiger partial charge in [0, 0.05) is 5.75 Å². The van der Waals surface area contributed by atoms with Crippen molar-refractivity contribution < 1.29 is 9.53 Å². The van der Waals surface area contributed by atoms with E-state index in [0.29, 0.717) is 18.1 Å². The van der Waals surface area contributed by atoms with Crippen LogP contribution in [0, 0.1) is 0 Å². The number of para-hydroxylation sites is 2. The van der Waals surface area contributed by atoms with Gasteiger partial charge in [0.05, 0.1) is 18.0 Å². The Hall–Kier alpha value is -1.42. The summed E-state index contributed by atoms with van der Waals surface area (Å²) in [5.74, 6) is 1.92. The molecule has 1 amide bonds. The van der Waals surface area contributed by atoms with E-state index >= 15 is 0 Å². The summed E-state index contributed by atoms with van der Waals surface area (Å²) in [5, 5.41) is 2.85. The molecule has 4 heteroatoms. The van der Waals surface area contributed by atoms with Gasteiger partial charge in [-0.15, -0.1) is 11.8 Å². The molecule has 0 fully saturated rings. The average Bonchev–Trinajstić information content (AvgIpc) is 2.31. The van der Waals surface area contributed by atoms with E-state index < -0.39 is 0 Å². The van der Waals surface area contributed by atoms with Crippen LogP contribution in [0.4, 0.5) is 5.69 Å². The van der Waals surface area contributed by atoms with Gasteiger partial charge in [-0.25, -0.2) is 0 Å². The highest BCUT2D eigenvalue weighted by Gasteiger charge is 2.07. The van der Waals surface area contributed by atoms with Gasteiger partial charge in [-0.05, 0) is 26.0 Å². The first-order valence-electron chi connectivity index (χ1n) is 5.87. The number of benzene rings is 1. The molecule has 0 unspecified atom stereocenters. The van der Waals surface area contributed by atoms with Gasteiger partial charge >= 0.3 is 0 Å². The number of nitrogens with one attached hydrogen (secondary N) is 1. The first-order valence-corrected chi connectivity index (χ1v) is 7.02. The maximum absolute atomic E-state index is 11.7. The van der Waals surface area contributed by atoms with Gasteiger partial charge in [0.15, 0.2) is 0 Å². The van der Waals surface area contributed by atoms with E-state index in [1.54, 1.807) is 11.8 Å². The molecule has 0 bridgehead atoms. The normalized spacial score (nSPS) is 9.89. The molecule has 0 atom stereocenters. The molecule has 18 heavy (non-hydrogen) atoms. The van der Waals surface area contributed by atoms with Crippen LogP contribution < -0.4 is 10.1 Å². The summed E-state index contributed by atoms with van der Waals surface area (Å²) in [7, 11) is 0. The quantitative estimate of drug-likeness (QED) is 0.768. The van der Waals surface area contributed by atoms with Gasteiger partial charge in [-0.3, -0.25) is 4.79 Å². The van der Waals surface area contributed by atoms with E-state index in [1.165, 1.54) is 0 Å². The van der Waals surface area contributed by atoms with Crippen molar-refractivity contribution in [2.75, 3.05) is 23.4 Å². The highest BCUT2D eigenvalue weighted by atomic mass is 32.2. The molecule has 0 aliphatic rings. The fraction of sp³-hybridized carbons (Fsp3) is 0.357. The zero-order valence-corrected chi connectivity index (χ0v) is 11.7. The summed E-state index contributed by atoms with van der Waals surface area (Å²) in [6.07, 6.45) is 0. The molecule has 1 rings (SSSR count). The SMILES string of the molecule is C=C(C)CSCC(=O)Nc1ccccc1OCC. The largest absolute Gasteiger partial charge is 0.492 e. The van der Waals surface area contributed by atoms with Crippen LogP contribution in [0.2, 0.25) is 0 Å². The Morgan fingerprint density at radius 3 is 2.78 bits per heavy atom. The third-order valence-electron chi connectivity index (χ3n) is 2.04. The number of hydrogen-bond acceptors (Lipinski definition) is 3. The highest BCUT2D eigenvalue weighted by molar-refractivity contribution is 8.00. The summed E-state index contributed by atoms with van der Waals surface area (Å²) in [4.78, 5) is 11.7. The molecule has 1 aromatic carbocycles. The number of carbonyl (C=O) groups is 1. The Labute approximate surface area is 113 Å². The molecular weight excluding hydrogens is 246 g/mol. The summed E-state index contributed by atoms with van der Waals surface area (Å²) in [5.41, 5.74) is 1.79. The first kappa shape index (κ1) is 14.6. The van der Waals surface area contributed by atoms with Crippen LogP contribution in [-0.2, 0) is 4.79 Å². The molecule has 1 aromatic rings. The van der Waals surface area contributed by atoms with Crippen molar-refractivity contribution in [3.63, 3.8) is 0 Å². The van der Waals surface area contributed by atoms with E-state index in [4.69, 9.17) is 4.74 Å². The van der Waals surface area contributed by atoms with Crippen molar-refractivity contribution in [1.29, 1.82) is 0 Å². The lowest BCUT2D eigenvalue weighted by Crippen LogP contribution is -2.15. The number of rotatable bonds is 7. The third-order valence-corrected chi connectivity index (χ3v) is 3.21. The number of amides is 1. The Bertz CT molecular complexity index is 418. The Balaban J connectivity index is 2.50. The second-order valence-electron chi connectivity index (χ2n) is 3.93. The number of thioether (sulfide) groups is 1. The molecule has 0 saturated heterocycles. The van der Waals surface area contributed by atoms with E-state index in [1.807, 2.05) is 38.1 Å². The molecule has 0 radical (unpaired) electrons. The zero-order valence-electron chi connectivity index (χ0n) is 10.9. The topological polar surface area (TPSA) is 38.3 Å². The number of anilines is 1. The number of hydrogen-bond donors (Lipinski definition) is 1. The molecule has 3 nitrogen and oxygen atoms in total. The van der Waals surface area contributed by atoms with Crippen LogP contribution in [0.5, 0.6) is 5.75 Å². The molecule has 0 aliphatic heterocycles. The van der Waals surface area contributed by atoms with E-state index in [-0.39, 0.29) is 5.91 Å². The predicted molar refractivity (Wildman–Crippen MR) is 78.4 cm³/mol. The molecule has 0 aromatic heterocycles. The lowest BCUT2D eigenvalue weighted by molar-refractivity contribution is -0.113. The van der Waals surface area contributed by atoms with Gasteiger partial charge in [0.1, 0.15) is 5.75 Å². The Morgan fingerprint density at radius 2 is 2.11 bits per heavy atom. The molecule has 0 spiro atoms. The fourth-order valence-corrected chi connectivity index (χ4v) is 2.06. The minimum Gasteiger partial charge on any atom is -0.492 e. The number of ether oxygens (including phenoxy) is 1. The van der Waals surface area contributed by atoms with Crippen LogP contribution in [0.25, 0.3) is 0 Å². The summed E-state index contributed by atoms with van der Waals surface area (Å²) < 4.78 is 5.44. The van der Waals surface area contributed by atoms with Gasteiger partial charge in [-0.2, -0.15) is 0 Å². The van der Waals surface area contributed by atoms with Crippen LogP contribution in [-0.4, -0.2) is 24.0 Å². The summed E-state index contributed by atoms with van der Waals surface area (Å²) in [6, 6.07) is 7.45. The van der Waals surface area contributed by atoms with Crippen molar-refractivity contribution in [3.8, 4) is 5.75 Å². The van der Waals surface area contributed by atoms with Crippen molar-refractivity contribution in [2.45, 2.75) is 13.8 Å². The van der Waals surface area contributed by atoms with Crippen molar-refractivity contribution in [3.05, 3.63) is 36.4 Å². The van der Waals surface area contributed by atoms with Crippen LogP contribution in [0.3, 0.4) is 0 Å². The van der Waals surface area contributed by atoms with E-state index in [2.05, 4.69) is 11.9 Å². The van der Waals surface area contributed by atoms with E-state index in [0.717, 1.165) is 17.0 Å². The lowest BCUT2D eigenvalue weighted by Gasteiger charge is -2.11. The maximum atomic E-state index is 11.7. The fourth-order valence-electron chi connectivity index (χ4n) is 1.36. The van der Waals surface area contributed by atoms with Crippen LogP contribution in [0.15, 0.2) is 36.4 Å². The second kappa shape index (κ2) is 7.82.